The molecule has 0 saturated carbocycles. The van der Waals surface area contributed by atoms with Crippen LogP contribution in [0.4, 0.5) is 0 Å². The fourth-order valence-electron chi connectivity index (χ4n) is 6.58. The number of aromatic nitrogens is 2. The van der Waals surface area contributed by atoms with E-state index >= 15 is 0 Å². The normalized spacial score (nSPS) is 12.0. The second kappa shape index (κ2) is 12.3. The summed E-state index contributed by atoms with van der Waals surface area (Å²) in [5, 5.41) is 0. The van der Waals surface area contributed by atoms with Gasteiger partial charge in [0.25, 0.3) is 0 Å². The van der Waals surface area contributed by atoms with E-state index in [9.17, 15) is 0 Å². The van der Waals surface area contributed by atoms with Crippen LogP contribution >= 0.6 is 11.3 Å². The number of rotatable bonds is 4. The summed E-state index contributed by atoms with van der Waals surface area (Å²) in [5.41, 5.74) is 13.3. The third kappa shape index (κ3) is 5.21. The summed E-state index contributed by atoms with van der Waals surface area (Å²) < 4.78 is 4.99. The van der Waals surface area contributed by atoms with Gasteiger partial charge in [-0.1, -0.05) is 0 Å². The van der Waals surface area contributed by atoms with Crippen LogP contribution in [0.3, 0.4) is 0 Å². The van der Waals surface area contributed by atoms with Crippen molar-refractivity contribution in [1.82, 2.24) is 9.97 Å². The van der Waals surface area contributed by atoms with Gasteiger partial charge in [0, 0.05) is 0 Å². The van der Waals surface area contributed by atoms with Gasteiger partial charge in [-0.05, 0) is 0 Å². The third-order valence-electron chi connectivity index (χ3n) is 8.75. The molecule has 0 N–H and O–H groups in total. The molecule has 9 rings (SSSR count). The Balaban J connectivity index is 1.49. The average molecular weight is 696 g/mol. The predicted octanol–water partition coefficient (Wildman–Crippen LogP) is 11.8. The molecule has 0 unspecified atom stereocenters. The fraction of sp³-hybridized carbons (Fsp3) is 0. The van der Waals surface area contributed by atoms with Crippen molar-refractivity contribution in [3.8, 4) is 44.5 Å². The van der Waals surface area contributed by atoms with Crippen LogP contribution in [0.25, 0.3) is 86.7 Å². The molecular formula is C44H28N2SSe. The second-order valence-corrected chi connectivity index (χ2v) is 15.1. The van der Waals surface area contributed by atoms with Crippen LogP contribution in [0.15, 0.2) is 146 Å². The summed E-state index contributed by atoms with van der Waals surface area (Å²) in [6.45, 7) is 0. The SMILES string of the molecule is C1=Cc2nc1c(-c1ccccc1)c1ccc(s1)c(-c1ccccc1)c1nc(c(-c3ccccc3)c3ccc([se]3)c2-c2ccccc2)C=C1. The van der Waals surface area contributed by atoms with E-state index in [1.54, 1.807) is 11.3 Å². The maximum absolute atomic E-state index is 5.43. The number of fused-ring (bicyclic) bond motifs is 8. The molecule has 226 valence electrons. The first-order chi connectivity index (χ1) is 23.8. The standard InChI is InChI=1S/C44H28N2SSe/c1-5-13-29(14-6-1)41-33-21-23-35(45-33)43(31-17-9-3-10-18-31)39-27-28-40(48-39)44(32-19-11-4-12-20-32)36-24-22-34(46-36)42(30-15-7-2-8-16-30)38-26-25-37(41)47-38/h1-28H. The molecule has 2 aliphatic heterocycles. The molecule has 3 aromatic heterocycles. The van der Waals surface area contributed by atoms with Crippen LogP contribution in [0.2, 0.25) is 0 Å². The minimum absolute atomic E-state index is 0.0313. The Morgan fingerprint density at radius 1 is 0.333 bits per heavy atom. The first-order valence-electron chi connectivity index (χ1n) is 16.0. The molecule has 0 amide bonds. The van der Waals surface area contributed by atoms with Gasteiger partial charge < -0.3 is 0 Å². The molecule has 7 aromatic rings. The van der Waals surface area contributed by atoms with Crippen molar-refractivity contribution in [1.29, 1.82) is 0 Å². The fourth-order valence-corrected chi connectivity index (χ4v) is 10.2. The molecule has 0 aliphatic carbocycles. The molecule has 0 saturated heterocycles. The summed E-state index contributed by atoms with van der Waals surface area (Å²) in [7, 11) is 0. The topological polar surface area (TPSA) is 25.8 Å². The molecule has 0 radical (unpaired) electrons. The van der Waals surface area contributed by atoms with Gasteiger partial charge in [-0.2, -0.15) is 0 Å². The van der Waals surface area contributed by atoms with Crippen molar-refractivity contribution in [2.75, 3.05) is 0 Å². The van der Waals surface area contributed by atoms with E-state index in [1.807, 2.05) is 0 Å². The van der Waals surface area contributed by atoms with Crippen LogP contribution < -0.4 is 0 Å². The van der Waals surface area contributed by atoms with Gasteiger partial charge in [0.2, 0.25) is 0 Å². The molecule has 8 bridgehead atoms. The zero-order chi connectivity index (χ0) is 31.9. The maximum atomic E-state index is 5.43. The van der Waals surface area contributed by atoms with Crippen molar-refractivity contribution >= 4 is 68.1 Å². The van der Waals surface area contributed by atoms with Gasteiger partial charge in [0.1, 0.15) is 0 Å². The molecule has 48 heavy (non-hydrogen) atoms. The van der Waals surface area contributed by atoms with Crippen molar-refractivity contribution in [3.05, 3.63) is 168 Å². The number of nitrogens with zero attached hydrogens (tertiary/aromatic N) is 2. The Morgan fingerprint density at radius 2 is 0.646 bits per heavy atom. The number of thiophene rings is 1. The molecule has 2 aliphatic rings. The van der Waals surface area contributed by atoms with E-state index in [0.717, 1.165) is 45.0 Å². The summed E-state index contributed by atoms with van der Waals surface area (Å²) >= 11 is 1.83. The number of benzene rings is 4. The Hall–Kier alpha value is -5.38. The first-order valence-corrected chi connectivity index (χ1v) is 18.5. The predicted molar refractivity (Wildman–Crippen MR) is 207 cm³/mol. The summed E-state index contributed by atoms with van der Waals surface area (Å²) in [5.74, 6) is 0. The molecular weight excluding hydrogens is 668 g/mol. The zero-order valence-electron chi connectivity index (χ0n) is 25.9. The van der Waals surface area contributed by atoms with Crippen molar-refractivity contribution in [2.24, 2.45) is 0 Å². The summed E-state index contributed by atoms with van der Waals surface area (Å²) in [4.78, 5) is 10.9. The minimum atomic E-state index is 0.0313. The number of hydrogen-bond acceptors (Lipinski definition) is 3. The van der Waals surface area contributed by atoms with Gasteiger partial charge in [-0.15, -0.1) is 0 Å². The molecule has 0 atom stereocenters. The van der Waals surface area contributed by atoms with Crippen LogP contribution in [0, 0.1) is 0 Å². The first kappa shape index (κ1) is 28.8. The Labute approximate surface area is 289 Å². The zero-order valence-corrected chi connectivity index (χ0v) is 28.4. The van der Waals surface area contributed by atoms with E-state index < -0.39 is 0 Å². The van der Waals surface area contributed by atoms with Crippen molar-refractivity contribution < 1.29 is 0 Å². The monoisotopic (exact) mass is 696 g/mol. The van der Waals surface area contributed by atoms with Gasteiger partial charge in [0.05, 0.1) is 0 Å². The van der Waals surface area contributed by atoms with Gasteiger partial charge in [0.15, 0.2) is 0 Å². The molecule has 0 spiro atoms. The van der Waals surface area contributed by atoms with E-state index in [1.165, 1.54) is 40.2 Å². The average Bonchev–Trinajstić information content (AvgIpc) is 3.98. The van der Waals surface area contributed by atoms with E-state index in [4.69, 9.17) is 9.97 Å². The van der Waals surface area contributed by atoms with Crippen molar-refractivity contribution in [3.63, 3.8) is 0 Å². The molecule has 4 heteroatoms. The van der Waals surface area contributed by atoms with Gasteiger partial charge in [-0.3, -0.25) is 0 Å². The summed E-state index contributed by atoms with van der Waals surface area (Å²) in [6.07, 6.45) is 8.80. The van der Waals surface area contributed by atoms with Gasteiger partial charge >= 0.3 is 291 Å². The van der Waals surface area contributed by atoms with Crippen molar-refractivity contribution in [2.45, 2.75) is 0 Å². The van der Waals surface area contributed by atoms with Crippen LogP contribution in [0.1, 0.15) is 22.8 Å². The van der Waals surface area contributed by atoms with Crippen LogP contribution in [-0.2, 0) is 0 Å². The van der Waals surface area contributed by atoms with E-state index in [-0.39, 0.29) is 14.5 Å². The molecule has 0 fully saturated rings. The van der Waals surface area contributed by atoms with Gasteiger partial charge in [-0.25, -0.2) is 0 Å². The molecule has 5 heterocycles. The quantitative estimate of drug-likeness (QED) is 0.171. The van der Waals surface area contributed by atoms with Crippen LogP contribution in [-0.4, -0.2) is 24.5 Å². The molecule has 2 nitrogen and oxygen atoms in total. The summed E-state index contributed by atoms with van der Waals surface area (Å²) in [6, 6.07) is 51.9. The van der Waals surface area contributed by atoms with E-state index in [2.05, 4.69) is 170 Å². The molecule has 4 aromatic carbocycles. The van der Waals surface area contributed by atoms with E-state index in [0.29, 0.717) is 0 Å². The Morgan fingerprint density at radius 3 is 1.00 bits per heavy atom. The third-order valence-corrected chi connectivity index (χ3v) is 12.2. The Kier molecular flexibility index (Phi) is 7.40. The second-order valence-electron chi connectivity index (χ2n) is 11.7. The van der Waals surface area contributed by atoms with Crippen LogP contribution in [0.5, 0.6) is 0 Å². The Bertz CT molecular complexity index is 2180. The number of hydrogen-bond donors (Lipinski definition) is 0.